The maximum atomic E-state index is 13.3. The van der Waals surface area contributed by atoms with Crippen LogP contribution in [0.5, 0.6) is 0 Å². The van der Waals surface area contributed by atoms with Crippen LogP contribution in [-0.2, 0) is 14.8 Å². The lowest BCUT2D eigenvalue weighted by Gasteiger charge is -2.34. The van der Waals surface area contributed by atoms with E-state index in [4.69, 9.17) is 23.2 Å². The van der Waals surface area contributed by atoms with Gasteiger partial charge in [-0.3, -0.25) is 9.10 Å². The van der Waals surface area contributed by atoms with E-state index in [1.807, 2.05) is 13.8 Å². The van der Waals surface area contributed by atoms with Gasteiger partial charge in [0.15, 0.2) is 0 Å². The zero-order valence-corrected chi connectivity index (χ0v) is 20.2. The summed E-state index contributed by atoms with van der Waals surface area (Å²) in [5.74, 6) is -0.408. The Bertz CT molecular complexity index is 1000. The molecule has 0 saturated carbocycles. The molecule has 0 aliphatic heterocycles. The minimum Gasteiger partial charge on any atom is -0.350 e. The highest BCUT2D eigenvalue weighted by Crippen LogP contribution is 2.31. The van der Waals surface area contributed by atoms with Crippen molar-refractivity contribution >= 4 is 44.8 Å². The molecule has 1 amide bonds. The number of carbonyl (C=O) groups is 1. The Morgan fingerprint density at radius 2 is 1.57 bits per heavy atom. The van der Waals surface area contributed by atoms with Gasteiger partial charge in [0, 0.05) is 5.54 Å². The summed E-state index contributed by atoms with van der Waals surface area (Å²) >= 11 is 12.1. The van der Waals surface area contributed by atoms with Gasteiger partial charge in [-0.25, -0.2) is 8.42 Å². The van der Waals surface area contributed by atoms with Gasteiger partial charge in [0.2, 0.25) is 5.91 Å². The Balaban J connectivity index is 2.39. The fraction of sp³-hybridized carbons (Fsp3) is 0.409. The first-order chi connectivity index (χ1) is 13.7. The summed E-state index contributed by atoms with van der Waals surface area (Å²) < 4.78 is 27.7. The molecule has 0 aliphatic carbocycles. The van der Waals surface area contributed by atoms with E-state index in [2.05, 4.69) is 26.1 Å². The molecule has 8 heteroatoms. The molecular formula is C22H28Cl2N2O3S. The van der Waals surface area contributed by atoms with E-state index in [1.54, 1.807) is 18.2 Å². The Morgan fingerprint density at radius 3 is 2.10 bits per heavy atom. The maximum absolute atomic E-state index is 13.3. The zero-order chi connectivity index (χ0) is 22.7. The van der Waals surface area contributed by atoms with Crippen LogP contribution in [0.15, 0.2) is 53.4 Å². The van der Waals surface area contributed by atoms with Crippen molar-refractivity contribution in [3.63, 3.8) is 0 Å². The van der Waals surface area contributed by atoms with Crippen LogP contribution >= 0.6 is 23.2 Å². The minimum absolute atomic E-state index is 0.00368. The first-order valence-electron chi connectivity index (χ1n) is 9.55. The van der Waals surface area contributed by atoms with Crippen molar-refractivity contribution < 1.29 is 13.2 Å². The van der Waals surface area contributed by atoms with Crippen molar-refractivity contribution in [1.29, 1.82) is 0 Å². The molecule has 1 N–H and O–H groups in total. The summed E-state index contributed by atoms with van der Waals surface area (Å²) in [6, 6.07) is 12.4. The van der Waals surface area contributed by atoms with E-state index in [0.717, 1.165) is 10.7 Å². The normalized spacial score (nSPS) is 12.5. The molecule has 0 radical (unpaired) electrons. The molecule has 2 rings (SSSR count). The lowest BCUT2D eigenvalue weighted by atomic mass is 9.82. The van der Waals surface area contributed by atoms with E-state index >= 15 is 0 Å². The smallest absolute Gasteiger partial charge is 0.264 e. The zero-order valence-electron chi connectivity index (χ0n) is 17.9. The van der Waals surface area contributed by atoms with Gasteiger partial charge in [-0.1, -0.05) is 62.2 Å². The van der Waals surface area contributed by atoms with Crippen molar-refractivity contribution in [2.75, 3.05) is 10.8 Å². The molecule has 5 nitrogen and oxygen atoms in total. The van der Waals surface area contributed by atoms with Crippen LogP contribution in [0.2, 0.25) is 10.0 Å². The molecule has 2 aromatic rings. The second-order valence-electron chi connectivity index (χ2n) is 9.09. The predicted octanol–water partition coefficient (Wildman–Crippen LogP) is 5.52. The summed E-state index contributed by atoms with van der Waals surface area (Å²) in [6.45, 7) is 9.72. The van der Waals surface area contributed by atoms with E-state index < -0.39 is 21.5 Å². The highest BCUT2D eigenvalue weighted by Gasteiger charge is 2.31. The SMILES string of the molecule is CC(C)(C)CC(C)(C)NC(=O)CN(c1ccc(Cl)c(Cl)c1)S(=O)(=O)c1ccccc1. The maximum Gasteiger partial charge on any atom is 0.264 e. The van der Waals surface area contributed by atoms with E-state index in [-0.39, 0.29) is 27.6 Å². The Labute approximate surface area is 189 Å². The Morgan fingerprint density at radius 1 is 0.967 bits per heavy atom. The highest BCUT2D eigenvalue weighted by molar-refractivity contribution is 7.92. The highest BCUT2D eigenvalue weighted by atomic mass is 35.5. The van der Waals surface area contributed by atoms with Crippen LogP contribution in [0.3, 0.4) is 0 Å². The molecule has 0 aliphatic rings. The van der Waals surface area contributed by atoms with Gasteiger partial charge >= 0.3 is 0 Å². The predicted molar refractivity (Wildman–Crippen MR) is 124 cm³/mol. The second kappa shape index (κ2) is 9.16. The summed E-state index contributed by atoms with van der Waals surface area (Å²) in [4.78, 5) is 13.0. The van der Waals surface area contributed by atoms with Crippen LogP contribution in [0, 0.1) is 5.41 Å². The number of hydrogen-bond donors (Lipinski definition) is 1. The van der Waals surface area contributed by atoms with Gasteiger partial charge in [0.05, 0.1) is 20.6 Å². The lowest BCUT2D eigenvalue weighted by Crippen LogP contribution is -2.50. The number of carbonyl (C=O) groups excluding carboxylic acids is 1. The number of amides is 1. The molecule has 0 fully saturated rings. The summed E-state index contributed by atoms with van der Waals surface area (Å²) in [5, 5.41) is 3.46. The number of halogens is 2. The fourth-order valence-corrected chi connectivity index (χ4v) is 5.32. The molecule has 2 aromatic carbocycles. The molecule has 0 heterocycles. The minimum atomic E-state index is -4.00. The molecule has 0 spiro atoms. The summed E-state index contributed by atoms with van der Waals surface area (Å²) in [7, 11) is -4.00. The van der Waals surface area contributed by atoms with Crippen molar-refractivity contribution in [2.24, 2.45) is 5.41 Å². The Hall–Kier alpha value is -1.76. The van der Waals surface area contributed by atoms with Crippen molar-refractivity contribution in [3.8, 4) is 0 Å². The third kappa shape index (κ3) is 6.62. The van der Waals surface area contributed by atoms with E-state index in [1.165, 1.54) is 30.3 Å². The second-order valence-corrected chi connectivity index (χ2v) is 11.8. The first-order valence-corrected chi connectivity index (χ1v) is 11.7. The van der Waals surface area contributed by atoms with E-state index in [9.17, 15) is 13.2 Å². The third-order valence-electron chi connectivity index (χ3n) is 4.26. The molecule has 0 saturated heterocycles. The van der Waals surface area contributed by atoms with Crippen molar-refractivity contribution in [1.82, 2.24) is 5.32 Å². The van der Waals surface area contributed by atoms with Gasteiger partial charge in [0.1, 0.15) is 6.54 Å². The van der Waals surface area contributed by atoms with Gasteiger partial charge < -0.3 is 5.32 Å². The Kier molecular flexibility index (Phi) is 7.49. The monoisotopic (exact) mass is 470 g/mol. The van der Waals surface area contributed by atoms with Crippen LogP contribution in [0.4, 0.5) is 5.69 Å². The molecule has 30 heavy (non-hydrogen) atoms. The van der Waals surface area contributed by atoms with Crippen molar-refractivity contribution in [3.05, 3.63) is 58.6 Å². The number of rotatable bonds is 7. The fourth-order valence-electron chi connectivity index (χ4n) is 3.59. The van der Waals surface area contributed by atoms with Gasteiger partial charge in [-0.15, -0.1) is 0 Å². The first kappa shape index (κ1) is 24.5. The van der Waals surface area contributed by atoms with Crippen molar-refractivity contribution in [2.45, 2.75) is 51.5 Å². The third-order valence-corrected chi connectivity index (χ3v) is 6.79. The number of nitrogens with one attached hydrogen (secondary N) is 1. The number of sulfonamides is 1. The lowest BCUT2D eigenvalue weighted by molar-refractivity contribution is -0.121. The molecule has 164 valence electrons. The largest absolute Gasteiger partial charge is 0.350 e. The van der Waals surface area contributed by atoms with Crippen LogP contribution < -0.4 is 9.62 Å². The van der Waals surface area contributed by atoms with Gasteiger partial charge in [0.25, 0.3) is 10.0 Å². The average Bonchev–Trinajstić information content (AvgIpc) is 2.60. The number of hydrogen-bond acceptors (Lipinski definition) is 3. The molecular weight excluding hydrogens is 443 g/mol. The molecule has 0 bridgehead atoms. The topological polar surface area (TPSA) is 66.5 Å². The van der Waals surface area contributed by atoms with Gasteiger partial charge in [-0.2, -0.15) is 0 Å². The van der Waals surface area contributed by atoms with E-state index in [0.29, 0.717) is 5.02 Å². The van der Waals surface area contributed by atoms with Crippen LogP contribution in [0.1, 0.15) is 41.0 Å². The standard InChI is InChI=1S/C22H28Cl2N2O3S/c1-21(2,3)15-22(4,5)25-20(27)14-26(16-11-12-18(23)19(24)13-16)30(28,29)17-9-7-6-8-10-17/h6-13H,14-15H2,1-5H3,(H,25,27). The number of anilines is 1. The number of nitrogens with zero attached hydrogens (tertiary/aromatic N) is 1. The average molecular weight is 471 g/mol. The molecule has 0 aromatic heterocycles. The molecule has 0 unspecified atom stereocenters. The molecule has 0 atom stereocenters. The number of benzene rings is 2. The van der Waals surface area contributed by atoms with Gasteiger partial charge in [-0.05, 0) is 56.0 Å². The summed E-state index contributed by atoms with van der Waals surface area (Å²) in [5.41, 5.74) is -0.247. The van der Waals surface area contributed by atoms with Crippen LogP contribution in [-0.4, -0.2) is 26.4 Å². The van der Waals surface area contributed by atoms with Crippen LogP contribution in [0.25, 0.3) is 0 Å². The summed E-state index contributed by atoms with van der Waals surface area (Å²) in [6.07, 6.45) is 0.726. The quantitative estimate of drug-likeness (QED) is 0.578.